The number of piperidine rings is 1. The normalized spacial score (nSPS) is 23.5. The molecule has 22 heavy (non-hydrogen) atoms. The third kappa shape index (κ3) is 2.91. The van der Waals surface area contributed by atoms with E-state index >= 15 is 0 Å². The van der Waals surface area contributed by atoms with E-state index in [9.17, 15) is 8.42 Å². The molecule has 6 nitrogen and oxygen atoms in total. The van der Waals surface area contributed by atoms with E-state index in [1.807, 2.05) is 6.07 Å². The molecule has 0 amide bonds. The minimum absolute atomic E-state index is 0.222. The predicted octanol–water partition coefficient (Wildman–Crippen LogP) is 1.93. The summed E-state index contributed by atoms with van der Waals surface area (Å²) in [6, 6.07) is 5.43. The molecule has 118 valence electrons. The van der Waals surface area contributed by atoms with Crippen molar-refractivity contribution < 1.29 is 8.42 Å². The first kappa shape index (κ1) is 15.2. The van der Waals surface area contributed by atoms with Gasteiger partial charge in [-0.3, -0.25) is 0 Å². The quantitative estimate of drug-likeness (QED) is 0.866. The van der Waals surface area contributed by atoms with Crippen LogP contribution in [0.25, 0.3) is 5.82 Å². The van der Waals surface area contributed by atoms with Gasteiger partial charge in [0, 0.05) is 19.3 Å². The van der Waals surface area contributed by atoms with Crippen LogP contribution in [0.1, 0.15) is 20.3 Å². The molecular weight excluding hydrogens is 300 g/mol. The molecule has 3 heterocycles. The molecule has 7 heteroatoms. The van der Waals surface area contributed by atoms with E-state index in [0.717, 1.165) is 6.42 Å². The van der Waals surface area contributed by atoms with Crippen molar-refractivity contribution in [3.63, 3.8) is 0 Å². The van der Waals surface area contributed by atoms with E-state index in [1.165, 1.54) is 17.1 Å². The fraction of sp³-hybridized carbons (Fsp3) is 0.467. The van der Waals surface area contributed by atoms with E-state index in [1.54, 1.807) is 22.6 Å². The van der Waals surface area contributed by atoms with Crippen LogP contribution < -0.4 is 0 Å². The molecule has 1 saturated heterocycles. The zero-order valence-electron chi connectivity index (χ0n) is 12.8. The van der Waals surface area contributed by atoms with Crippen LogP contribution in [0.5, 0.6) is 0 Å². The smallest absolute Gasteiger partial charge is 0.237 e. The lowest BCUT2D eigenvalue weighted by atomic mass is 9.94. The molecule has 0 radical (unpaired) electrons. The second-order valence-corrected chi connectivity index (χ2v) is 8.01. The maximum absolute atomic E-state index is 12.8. The van der Waals surface area contributed by atoms with Crippen LogP contribution in [0.3, 0.4) is 0 Å². The molecule has 1 aliphatic heterocycles. The molecule has 0 bridgehead atoms. The third-order valence-corrected chi connectivity index (χ3v) is 5.70. The van der Waals surface area contributed by atoms with Crippen molar-refractivity contribution in [2.45, 2.75) is 25.2 Å². The zero-order valence-corrected chi connectivity index (χ0v) is 13.6. The van der Waals surface area contributed by atoms with Crippen LogP contribution in [0.15, 0.2) is 41.7 Å². The molecule has 2 aromatic rings. The fourth-order valence-electron chi connectivity index (χ4n) is 3.01. The summed E-state index contributed by atoms with van der Waals surface area (Å²) in [6.07, 6.45) is 5.65. The van der Waals surface area contributed by atoms with Crippen LogP contribution in [0.4, 0.5) is 0 Å². The van der Waals surface area contributed by atoms with Crippen LogP contribution in [-0.2, 0) is 10.0 Å². The number of rotatable bonds is 3. The molecule has 1 fully saturated rings. The van der Waals surface area contributed by atoms with Crippen molar-refractivity contribution in [2.75, 3.05) is 13.1 Å². The van der Waals surface area contributed by atoms with Gasteiger partial charge < -0.3 is 0 Å². The maximum Gasteiger partial charge on any atom is 0.246 e. The molecule has 0 N–H and O–H groups in total. The van der Waals surface area contributed by atoms with Crippen LogP contribution in [0.2, 0.25) is 0 Å². The molecule has 0 spiro atoms. The van der Waals surface area contributed by atoms with E-state index in [2.05, 4.69) is 23.9 Å². The molecule has 0 aromatic carbocycles. The van der Waals surface area contributed by atoms with Gasteiger partial charge in [-0.25, -0.2) is 18.1 Å². The summed E-state index contributed by atoms with van der Waals surface area (Å²) in [5, 5.41) is 4.13. The average molecular weight is 320 g/mol. The van der Waals surface area contributed by atoms with Gasteiger partial charge in [-0.1, -0.05) is 19.9 Å². The highest BCUT2D eigenvalue weighted by molar-refractivity contribution is 7.89. The number of sulfonamides is 1. The Morgan fingerprint density at radius 1 is 1.18 bits per heavy atom. The lowest BCUT2D eigenvalue weighted by molar-refractivity contribution is 0.222. The second-order valence-electron chi connectivity index (χ2n) is 6.08. The maximum atomic E-state index is 12.8. The molecule has 0 aliphatic carbocycles. The highest BCUT2D eigenvalue weighted by atomic mass is 32.2. The lowest BCUT2D eigenvalue weighted by Gasteiger charge is -2.33. The van der Waals surface area contributed by atoms with Crippen molar-refractivity contribution in [3.8, 4) is 5.82 Å². The van der Waals surface area contributed by atoms with Gasteiger partial charge in [0.05, 0.1) is 12.4 Å². The summed E-state index contributed by atoms with van der Waals surface area (Å²) in [4.78, 5) is 4.39. The SMILES string of the molecule is C[C@H]1C[C@H](C)CN(S(=O)(=O)c2cnn(-c3ccccn3)c2)C1. The number of aromatic nitrogens is 3. The van der Waals surface area contributed by atoms with Gasteiger partial charge in [0.15, 0.2) is 5.82 Å². The monoisotopic (exact) mass is 320 g/mol. The Morgan fingerprint density at radius 2 is 1.91 bits per heavy atom. The van der Waals surface area contributed by atoms with Gasteiger partial charge in [-0.15, -0.1) is 0 Å². The van der Waals surface area contributed by atoms with E-state index in [0.29, 0.717) is 30.7 Å². The summed E-state index contributed by atoms with van der Waals surface area (Å²) in [5.74, 6) is 1.36. The number of pyridine rings is 1. The molecule has 1 aliphatic rings. The van der Waals surface area contributed by atoms with Crippen molar-refractivity contribution in [1.82, 2.24) is 19.1 Å². The van der Waals surface area contributed by atoms with Gasteiger partial charge in [-0.05, 0) is 30.4 Å². The lowest BCUT2D eigenvalue weighted by Crippen LogP contribution is -2.42. The highest BCUT2D eigenvalue weighted by Gasteiger charge is 2.32. The first-order valence-electron chi connectivity index (χ1n) is 7.43. The van der Waals surface area contributed by atoms with E-state index in [4.69, 9.17) is 0 Å². The zero-order chi connectivity index (χ0) is 15.7. The summed E-state index contributed by atoms with van der Waals surface area (Å²) in [7, 11) is -3.49. The topological polar surface area (TPSA) is 68.1 Å². The molecule has 0 unspecified atom stereocenters. The Morgan fingerprint density at radius 3 is 2.55 bits per heavy atom. The highest BCUT2D eigenvalue weighted by Crippen LogP contribution is 2.26. The number of hydrogen-bond acceptors (Lipinski definition) is 4. The van der Waals surface area contributed by atoms with E-state index in [-0.39, 0.29) is 4.90 Å². The molecule has 2 aromatic heterocycles. The molecule has 2 atom stereocenters. The van der Waals surface area contributed by atoms with Crippen molar-refractivity contribution in [1.29, 1.82) is 0 Å². The van der Waals surface area contributed by atoms with Crippen molar-refractivity contribution >= 4 is 10.0 Å². The second kappa shape index (κ2) is 5.81. The van der Waals surface area contributed by atoms with Crippen LogP contribution >= 0.6 is 0 Å². The summed E-state index contributed by atoms with van der Waals surface area (Å²) in [6.45, 7) is 5.33. The van der Waals surface area contributed by atoms with Gasteiger partial charge in [0.25, 0.3) is 0 Å². The Kier molecular flexibility index (Phi) is 4.01. The Balaban J connectivity index is 1.89. The van der Waals surface area contributed by atoms with Gasteiger partial charge >= 0.3 is 0 Å². The first-order chi connectivity index (χ1) is 10.5. The predicted molar refractivity (Wildman–Crippen MR) is 83.1 cm³/mol. The Labute approximate surface area is 130 Å². The van der Waals surface area contributed by atoms with Gasteiger partial charge in [0.1, 0.15) is 4.90 Å². The fourth-order valence-corrected chi connectivity index (χ4v) is 4.62. The third-order valence-electron chi connectivity index (χ3n) is 3.92. The van der Waals surface area contributed by atoms with Gasteiger partial charge in [-0.2, -0.15) is 9.40 Å². The van der Waals surface area contributed by atoms with Crippen molar-refractivity contribution in [2.24, 2.45) is 11.8 Å². The average Bonchev–Trinajstić information content (AvgIpc) is 2.98. The standard InChI is InChI=1S/C15H20N4O2S/c1-12-7-13(2)10-18(9-12)22(20,21)14-8-17-19(11-14)15-5-3-4-6-16-15/h3-6,8,11-13H,7,9-10H2,1-2H3/t12-,13-/m0/s1. The number of nitrogens with zero attached hydrogens (tertiary/aromatic N) is 4. The largest absolute Gasteiger partial charge is 0.246 e. The Hall–Kier alpha value is -1.73. The molecule has 3 rings (SSSR count). The van der Waals surface area contributed by atoms with Crippen LogP contribution in [0, 0.1) is 11.8 Å². The summed E-state index contributed by atoms with van der Waals surface area (Å²) >= 11 is 0. The molecule has 0 saturated carbocycles. The van der Waals surface area contributed by atoms with Crippen LogP contribution in [-0.4, -0.2) is 40.6 Å². The first-order valence-corrected chi connectivity index (χ1v) is 8.87. The van der Waals surface area contributed by atoms with Crippen molar-refractivity contribution in [3.05, 3.63) is 36.8 Å². The van der Waals surface area contributed by atoms with Gasteiger partial charge in [0.2, 0.25) is 10.0 Å². The summed E-state index contributed by atoms with van der Waals surface area (Å²) in [5.41, 5.74) is 0. The van der Waals surface area contributed by atoms with E-state index < -0.39 is 10.0 Å². The Bertz CT molecular complexity index is 732. The number of hydrogen-bond donors (Lipinski definition) is 0. The summed E-state index contributed by atoms with van der Waals surface area (Å²) < 4.78 is 28.6. The molecular formula is C15H20N4O2S. The minimum Gasteiger partial charge on any atom is -0.237 e. The minimum atomic E-state index is -3.49.